The van der Waals surface area contributed by atoms with Crippen molar-refractivity contribution in [3.05, 3.63) is 0 Å². The lowest BCUT2D eigenvalue weighted by atomic mass is 10.1. The smallest absolute Gasteiger partial charge is 0.0599 e. The third-order valence-electron chi connectivity index (χ3n) is 3.16. The van der Waals surface area contributed by atoms with Gasteiger partial charge in [-0.15, -0.1) is 0 Å². The fourth-order valence-corrected chi connectivity index (χ4v) is 1.99. The van der Waals surface area contributed by atoms with Gasteiger partial charge in [-0.2, -0.15) is 0 Å². The Morgan fingerprint density at radius 3 is 2.16 bits per heavy atom. The van der Waals surface area contributed by atoms with Gasteiger partial charge >= 0.3 is 0 Å². The Hall–Kier alpha value is -0.120. The van der Waals surface area contributed by atoms with Crippen molar-refractivity contribution in [3.63, 3.8) is 0 Å². The van der Waals surface area contributed by atoms with E-state index in [4.69, 9.17) is 9.47 Å². The van der Waals surface area contributed by atoms with Crippen molar-refractivity contribution in [1.82, 2.24) is 0 Å². The summed E-state index contributed by atoms with van der Waals surface area (Å²) in [5.41, 5.74) is 0. The topological polar surface area (TPSA) is 38.7 Å². The predicted molar refractivity (Wildman–Crippen MR) is 80.5 cm³/mol. The van der Waals surface area contributed by atoms with Gasteiger partial charge in [0.25, 0.3) is 0 Å². The molecule has 0 bridgehead atoms. The first-order valence-electron chi connectivity index (χ1n) is 8.08. The largest absolute Gasteiger partial charge is 0.393 e. The molecule has 3 nitrogen and oxygen atoms in total. The molecule has 0 aliphatic carbocycles. The molecule has 0 saturated heterocycles. The van der Waals surface area contributed by atoms with E-state index in [0.29, 0.717) is 0 Å². The average molecular weight is 274 g/mol. The SMILES string of the molecule is CCCCOCCCCOC(CCCC)CC(C)O. The molecule has 0 aromatic rings. The standard InChI is InChI=1S/C16H34O3/c1-4-6-10-16(14-15(3)17)19-13-9-8-12-18-11-7-5-2/h15-17H,4-14H2,1-3H3. The summed E-state index contributed by atoms with van der Waals surface area (Å²) in [7, 11) is 0. The third kappa shape index (κ3) is 14.1. The number of ether oxygens (including phenoxy) is 2. The van der Waals surface area contributed by atoms with Crippen molar-refractivity contribution < 1.29 is 14.6 Å². The highest BCUT2D eigenvalue weighted by Crippen LogP contribution is 2.12. The Morgan fingerprint density at radius 1 is 0.895 bits per heavy atom. The van der Waals surface area contributed by atoms with Crippen LogP contribution in [-0.2, 0) is 9.47 Å². The molecule has 0 saturated carbocycles. The van der Waals surface area contributed by atoms with Crippen molar-refractivity contribution in [2.75, 3.05) is 19.8 Å². The van der Waals surface area contributed by atoms with Gasteiger partial charge in [-0.1, -0.05) is 33.1 Å². The average Bonchev–Trinajstić information content (AvgIpc) is 2.38. The third-order valence-corrected chi connectivity index (χ3v) is 3.16. The lowest BCUT2D eigenvalue weighted by Crippen LogP contribution is -2.19. The van der Waals surface area contributed by atoms with Crippen LogP contribution in [0.1, 0.15) is 72.1 Å². The molecule has 0 aliphatic rings. The summed E-state index contributed by atoms with van der Waals surface area (Å²) in [6.07, 6.45) is 8.61. The molecule has 116 valence electrons. The van der Waals surface area contributed by atoms with Crippen molar-refractivity contribution in [3.8, 4) is 0 Å². The van der Waals surface area contributed by atoms with Crippen LogP contribution in [-0.4, -0.2) is 37.1 Å². The minimum absolute atomic E-state index is 0.223. The molecular formula is C16H34O3. The fourth-order valence-electron chi connectivity index (χ4n) is 1.99. The molecule has 19 heavy (non-hydrogen) atoms. The first-order chi connectivity index (χ1) is 9.20. The van der Waals surface area contributed by atoms with Crippen molar-refractivity contribution in [2.24, 2.45) is 0 Å². The molecule has 0 spiro atoms. The quantitative estimate of drug-likeness (QED) is 0.488. The molecule has 0 radical (unpaired) electrons. The maximum Gasteiger partial charge on any atom is 0.0599 e. The molecule has 2 atom stereocenters. The molecular weight excluding hydrogens is 240 g/mol. The molecule has 0 rings (SSSR count). The Bertz CT molecular complexity index is 171. The van der Waals surface area contributed by atoms with Crippen LogP contribution in [0, 0.1) is 0 Å². The number of rotatable bonds is 14. The second-order valence-electron chi connectivity index (χ2n) is 5.39. The molecule has 0 fully saturated rings. The fraction of sp³-hybridized carbons (Fsp3) is 1.00. The minimum Gasteiger partial charge on any atom is -0.393 e. The molecule has 2 unspecified atom stereocenters. The van der Waals surface area contributed by atoms with Crippen LogP contribution >= 0.6 is 0 Å². The second-order valence-corrected chi connectivity index (χ2v) is 5.39. The second kappa shape index (κ2) is 14.3. The zero-order chi connectivity index (χ0) is 14.3. The van der Waals surface area contributed by atoms with E-state index < -0.39 is 0 Å². The lowest BCUT2D eigenvalue weighted by Gasteiger charge is -2.19. The van der Waals surface area contributed by atoms with E-state index in [1.165, 1.54) is 19.3 Å². The van der Waals surface area contributed by atoms with E-state index in [-0.39, 0.29) is 12.2 Å². The van der Waals surface area contributed by atoms with Crippen molar-refractivity contribution >= 4 is 0 Å². The zero-order valence-corrected chi connectivity index (χ0v) is 13.2. The molecule has 0 heterocycles. The molecule has 0 amide bonds. The Kier molecular flexibility index (Phi) is 14.2. The van der Waals surface area contributed by atoms with Crippen LogP contribution in [0.2, 0.25) is 0 Å². The van der Waals surface area contributed by atoms with E-state index in [9.17, 15) is 5.11 Å². The van der Waals surface area contributed by atoms with Gasteiger partial charge in [0.1, 0.15) is 0 Å². The van der Waals surface area contributed by atoms with Crippen LogP contribution in [0.5, 0.6) is 0 Å². The van der Waals surface area contributed by atoms with Crippen LogP contribution in [0.15, 0.2) is 0 Å². The number of hydrogen-bond donors (Lipinski definition) is 1. The highest BCUT2D eigenvalue weighted by Gasteiger charge is 2.11. The lowest BCUT2D eigenvalue weighted by molar-refractivity contribution is 0.00777. The molecule has 0 aromatic carbocycles. The Morgan fingerprint density at radius 2 is 1.53 bits per heavy atom. The Balaban J connectivity index is 3.46. The maximum atomic E-state index is 9.45. The van der Waals surface area contributed by atoms with Gasteiger partial charge in [0, 0.05) is 19.8 Å². The first kappa shape index (κ1) is 18.9. The predicted octanol–water partition coefficient (Wildman–Crippen LogP) is 3.93. The van der Waals surface area contributed by atoms with E-state index in [2.05, 4.69) is 13.8 Å². The summed E-state index contributed by atoms with van der Waals surface area (Å²) in [6, 6.07) is 0. The van der Waals surface area contributed by atoms with Crippen LogP contribution in [0.4, 0.5) is 0 Å². The number of aliphatic hydroxyl groups excluding tert-OH is 1. The summed E-state index contributed by atoms with van der Waals surface area (Å²) in [6.45, 7) is 8.73. The van der Waals surface area contributed by atoms with Gasteiger partial charge in [-0.25, -0.2) is 0 Å². The normalized spacial score (nSPS) is 14.5. The molecule has 1 N–H and O–H groups in total. The number of unbranched alkanes of at least 4 members (excludes halogenated alkanes) is 3. The van der Waals surface area contributed by atoms with Gasteiger partial charge in [-0.3, -0.25) is 0 Å². The summed E-state index contributed by atoms with van der Waals surface area (Å²) in [4.78, 5) is 0. The van der Waals surface area contributed by atoms with Crippen molar-refractivity contribution in [1.29, 1.82) is 0 Å². The van der Waals surface area contributed by atoms with Crippen LogP contribution in [0.25, 0.3) is 0 Å². The summed E-state index contributed by atoms with van der Waals surface area (Å²) < 4.78 is 11.4. The van der Waals surface area contributed by atoms with Gasteiger partial charge in [-0.05, 0) is 39.0 Å². The number of aliphatic hydroxyl groups is 1. The van der Waals surface area contributed by atoms with E-state index in [0.717, 1.165) is 51.9 Å². The van der Waals surface area contributed by atoms with Crippen molar-refractivity contribution in [2.45, 2.75) is 84.3 Å². The summed E-state index contributed by atoms with van der Waals surface area (Å²) >= 11 is 0. The van der Waals surface area contributed by atoms with Crippen LogP contribution < -0.4 is 0 Å². The zero-order valence-electron chi connectivity index (χ0n) is 13.2. The molecule has 0 aromatic heterocycles. The van der Waals surface area contributed by atoms with E-state index in [1.807, 2.05) is 6.92 Å². The number of hydrogen-bond acceptors (Lipinski definition) is 3. The van der Waals surface area contributed by atoms with Gasteiger partial charge < -0.3 is 14.6 Å². The summed E-state index contributed by atoms with van der Waals surface area (Å²) in [5, 5.41) is 9.45. The maximum absolute atomic E-state index is 9.45. The summed E-state index contributed by atoms with van der Waals surface area (Å²) in [5.74, 6) is 0. The Labute approximate surface area is 119 Å². The van der Waals surface area contributed by atoms with Gasteiger partial charge in [0.15, 0.2) is 0 Å². The van der Waals surface area contributed by atoms with Crippen LogP contribution in [0.3, 0.4) is 0 Å². The molecule has 0 aliphatic heterocycles. The van der Waals surface area contributed by atoms with Gasteiger partial charge in [0.05, 0.1) is 12.2 Å². The van der Waals surface area contributed by atoms with E-state index >= 15 is 0 Å². The minimum atomic E-state index is -0.265. The van der Waals surface area contributed by atoms with E-state index in [1.54, 1.807) is 0 Å². The first-order valence-corrected chi connectivity index (χ1v) is 8.08. The highest BCUT2D eigenvalue weighted by atomic mass is 16.5. The highest BCUT2D eigenvalue weighted by molar-refractivity contribution is 4.62. The monoisotopic (exact) mass is 274 g/mol. The van der Waals surface area contributed by atoms with Gasteiger partial charge in [0.2, 0.25) is 0 Å². The molecule has 3 heteroatoms.